The van der Waals surface area contributed by atoms with E-state index in [1.807, 2.05) is 0 Å². The summed E-state index contributed by atoms with van der Waals surface area (Å²) in [5.74, 6) is 0. The van der Waals surface area contributed by atoms with Crippen LogP contribution in [0.2, 0.25) is 0 Å². The lowest BCUT2D eigenvalue weighted by Gasteiger charge is -2.43. The quantitative estimate of drug-likeness (QED) is 0.660. The highest BCUT2D eigenvalue weighted by atomic mass is 15.5. The second-order valence-electron chi connectivity index (χ2n) is 8.70. The van der Waals surface area contributed by atoms with Crippen LogP contribution in [-0.4, -0.2) is 17.1 Å². The van der Waals surface area contributed by atoms with Crippen LogP contribution in [0.3, 0.4) is 0 Å². The SMILES string of the molecule is [2H]C1(C)c2ccccc2C2[C@H](C)N(c3ccccc3C)C(C(C)(C)C)N21. The number of hydrogen-bond acceptors (Lipinski definition) is 2. The molecule has 0 N–H and O–H groups in total. The van der Waals surface area contributed by atoms with Crippen LogP contribution in [0.1, 0.15) is 64.7 Å². The highest BCUT2D eigenvalue weighted by Crippen LogP contribution is 2.55. The van der Waals surface area contributed by atoms with Crippen LogP contribution in [-0.2, 0) is 0 Å². The van der Waals surface area contributed by atoms with Gasteiger partial charge in [-0.05, 0) is 48.9 Å². The van der Waals surface area contributed by atoms with Crippen LogP contribution in [0.15, 0.2) is 48.5 Å². The number of nitrogens with zero attached hydrogens (tertiary/aromatic N) is 2. The Balaban J connectivity index is 1.94. The molecule has 1 fully saturated rings. The van der Waals surface area contributed by atoms with Gasteiger partial charge in [0.05, 0.1) is 13.6 Å². The van der Waals surface area contributed by atoms with E-state index >= 15 is 0 Å². The molecule has 2 aliphatic heterocycles. The van der Waals surface area contributed by atoms with E-state index in [0.29, 0.717) is 6.04 Å². The second kappa shape index (κ2) is 5.60. The van der Waals surface area contributed by atoms with Gasteiger partial charge in [-0.3, -0.25) is 4.90 Å². The minimum atomic E-state index is -0.717. The Bertz CT molecular complexity index is 836. The summed E-state index contributed by atoms with van der Waals surface area (Å²) >= 11 is 0. The van der Waals surface area contributed by atoms with Crippen LogP contribution < -0.4 is 4.90 Å². The molecule has 0 aromatic heterocycles. The van der Waals surface area contributed by atoms with Crippen molar-refractivity contribution in [2.24, 2.45) is 5.41 Å². The highest BCUT2D eigenvalue weighted by Gasteiger charge is 2.55. The maximum absolute atomic E-state index is 9.30. The van der Waals surface area contributed by atoms with Crippen LogP contribution in [0.5, 0.6) is 0 Å². The van der Waals surface area contributed by atoms with Gasteiger partial charge in [0.1, 0.15) is 0 Å². The van der Waals surface area contributed by atoms with Crippen molar-refractivity contribution in [3.63, 3.8) is 0 Å². The van der Waals surface area contributed by atoms with Crippen molar-refractivity contribution in [1.82, 2.24) is 4.90 Å². The predicted octanol–water partition coefficient (Wildman–Crippen LogP) is 5.69. The average molecular weight is 336 g/mol. The number of rotatable bonds is 1. The molecule has 0 saturated carbocycles. The van der Waals surface area contributed by atoms with Crippen molar-refractivity contribution in [1.29, 1.82) is 0 Å². The largest absolute Gasteiger partial charge is 0.350 e. The van der Waals surface area contributed by atoms with E-state index in [9.17, 15) is 1.37 Å². The van der Waals surface area contributed by atoms with Gasteiger partial charge in [0.2, 0.25) is 0 Å². The molecule has 0 bridgehead atoms. The lowest BCUT2D eigenvalue weighted by molar-refractivity contribution is 0.0861. The molecule has 0 amide bonds. The number of benzene rings is 2. The smallest absolute Gasteiger partial charge is 0.0884 e. The molecule has 4 atom stereocenters. The zero-order chi connectivity index (χ0) is 18.9. The topological polar surface area (TPSA) is 6.48 Å². The van der Waals surface area contributed by atoms with E-state index < -0.39 is 6.02 Å². The molecule has 1 saturated heterocycles. The van der Waals surface area contributed by atoms with Crippen molar-refractivity contribution in [2.75, 3.05) is 4.90 Å². The molecule has 0 aliphatic carbocycles. The average Bonchev–Trinajstić information content (AvgIpc) is 3.00. The Labute approximate surface area is 153 Å². The summed E-state index contributed by atoms with van der Waals surface area (Å²) in [6.45, 7) is 13.5. The van der Waals surface area contributed by atoms with Crippen molar-refractivity contribution in [3.8, 4) is 0 Å². The summed E-state index contributed by atoms with van der Waals surface area (Å²) in [5.41, 5.74) is 5.10. The summed E-state index contributed by atoms with van der Waals surface area (Å²) in [6, 6.07) is 17.1. The maximum Gasteiger partial charge on any atom is 0.0884 e. The lowest BCUT2D eigenvalue weighted by atomic mass is 9.89. The molecule has 4 rings (SSSR count). The molecule has 3 unspecified atom stereocenters. The standard InChI is InChI=1S/C23H30N2/c1-15-11-7-10-14-20(15)24-17(3)21-19-13-9-8-12-18(19)16(2)25(21)22(24)23(4,5)6/h7-14,16-17,21-22H,1-6H3/t16?,17-,21?,22?/m0/s1/i16D. The number of aryl methyl sites for hydroxylation is 1. The third-order valence-corrected chi connectivity index (χ3v) is 5.95. The minimum absolute atomic E-state index is 0.0235. The van der Waals surface area contributed by atoms with Gasteiger partial charge in [-0.15, -0.1) is 0 Å². The first-order valence-electron chi connectivity index (χ1n) is 9.87. The van der Waals surface area contributed by atoms with E-state index in [2.05, 4.69) is 99.9 Å². The van der Waals surface area contributed by atoms with Gasteiger partial charge in [-0.25, -0.2) is 0 Å². The van der Waals surface area contributed by atoms with E-state index in [0.717, 1.165) is 5.56 Å². The Hall–Kier alpha value is -1.80. The predicted molar refractivity (Wildman–Crippen MR) is 106 cm³/mol. The zero-order valence-corrected chi connectivity index (χ0v) is 16.2. The molecule has 132 valence electrons. The fourth-order valence-electron chi connectivity index (χ4n) is 4.96. The monoisotopic (exact) mass is 335 g/mol. The molecule has 2 aromatic carbocycles. The number of fused-ring (bicyclic) bond motifs is 3. The lowest BCUT2D eigenvalue weighted by Crippen LogP contribution is -2.49. The Morgan fingerprint density at radius 1 is 0.920 bits per heavy atom. The molecule has 25 heavy (non-hydrogen) atoms. The molecule has 2 heteroatoms. The first kappa shape index (κ1) is 15.5. The van der Waals surface area contributed by atoms with Gasteiger partial charge in [0.25, 0.3) is 0 Å². The van der Waals surface area contributed by atoms with E-state index in [1.54, 1.807) is 0 Å². The first-order chi connectivity index (χ1) is 12.2. The molecular weight excluding hydrogens is 304 g/mol. The van der Waals surface area contributed by atoms with Crippen LogP contribution in [0, 0.1) is 12.3 Å². The Kier molecular flexibility index (Phi) is 3.46. The van der Waals surface area contributed by atoms with Gasteiger partial charge in [-0.2, -0.15) is 0 Å². The maximum atomic E-state index is 9.30. The second-order valence-corrected chi connectivity index (χ2v) is 8.70. The molecule has 0 spiro atoms. The molecule has 2 heterocycles. The minimum Gasteiger partial charge on any atom is -0.350 e. The summed E-state index contributed by atoms with van der Waals surface area (Å²) in [6.07, 6.45) is 0.165. The first-order valence-corrected chi connectivity index (χ1v) is 9.37. The molecule has 2 aliphatic rings. The molecular formula is C23H30N2. The van der Waals surface area contributed by atoms with Crippen molar-refractivity contribution >= 4 is 5.69 Å². The normalized spacial score (nSPS) is 32.5. The molecule has 2 nitrogen and oxygen atoms in total. The fourth-order valence-corrected chi connectivity index (χ4v) is 4.96. The molecule has 2 aromatic rings. The number of anilines is 1. The van der Waals surface area contributed by atoms with Crippen LogP contribution in [0.25, 0.3) is 0 Å². The third kappa shape index (κ3) is 2.34. The van der Waals surface area contributed by atoms with E-state index in [-0.39, 0.29) is 17.6 Å². The highest BCUT2D eigenvalue weighted by molar-refractivity contribution is 5.58. The number of hydrogen-bond donors (Lipinski definition) is 0. The van der Waals surface area contributed by atoms with Crippen LogP contribution >= 0.6 is 0 Å². The summed E-state index contributed by atoms with van der Waals surface area (Å²) in [5, 5.41) is 0. The van der Waals surface area contributed by atoms with Crippen LogP contribution in [0.4, 0.5) is 5.69 Å². The van der Waals surface area contributed by atoms with Gasteiger partial charge in [0.15, 0.2) is 0 Å². The Morgan fingerprint density at radius 2 is 1.52 bits per heavy atom. The summed E-state index contributed by atoms with van der Waals surface area (Å²) in [4.78, 5) is 5.03. The van der Waals surface area contributed by atoms with Crippen molar-refractivity contribution < 1.29 is 1.37 Å². The van der Waals surface area contributed by atoms with Crippen molar-refractivity contribution in [3.05, 3.63) is 65.2 Å². The Morgan fingerprint density at radius 3 is 2.16 bits per heavy atom. The van der Waals surface area contributed by atoms with E-state index in [4.69, 9.17) is 0 Å². The third-order valence-electron chi connectivity index (χ3n) is 5.95. The molecule has 0 radical (unpaired) electrons. The van der Waals surface area contributed by atoms with Gasteiger partial charge < -0.3 is 4.90 Å². The van der Waals surface area contributed by atoms with Gasteiger partial charge >= 0.3 is 0 Å². The van der Waals surface area contributed by atoms with Crippen molar-refractivity contribution in [2.45, 2.75) is 65.8 Å². The van der Waals surface area contributed by atoms with Gasteiger partial charge in [0, 0.05) is 17.7 Å². The summed E-state index contributed by atoms with van der Waals surface area (Å²) < 4.78 is 9.30. The summed E-state index contributed by atoms with van der Waals surface area (Å²) in [7, 11) is 0. The number of para-hydroxylation sites is 1. The fraction of sp³-hybridized carbons (Fsp3) is 0.478. The zero-order valence-electron chi connectivity index (χ0n) is 17.2. The van der Waals surface area contributed by atoms with E-state index in [1.165, 1.54) is 16.8 Å². The van der Waals surface area contributed by atoms with Gasteiger partial charge in [-0.1, -0.05) is 63.2 Å².